The van der Waals surface area contributed by atoms with Crippen molar-refractivity contribution in [3.05, 3.63) is 102 Å². The van der Waals surface area contributed by atoms with Crippen LogP contribution < -0.4 is 97.8 Å². The number of H-pyrrole nitrogens is 1. The molecular weight excluding hydrogens is 1650 g/mol. The summed E-state index contributed by atoms with van der Waals surface area (Å²) in [7, 11) is 0. The highest BCUT2D eigenvalue weighted by Crippen LogP contribution is 2.23. The smallest absolute Gasteiger partial charge is 0.326 e. The number of aliphatic carboxylic acids is 2. The van der Waals surface area contributed by atoms with Crippen LogP contribution in [0.25, 0.3) is 10.9 Å². The number of nitrogens with zero attached hydrogens (tertiary/aromatic N) is 1. The zero-order valence-corrected chi connectivity index (χ0v) is 72.0. The highest BCUT2D eigenvalue weighted by molar-refractivity contribution is 7.80. The number of unbranched alkanes of at least 4 members (excludes halogenated alkanes) is 2. The van der Waals surface area contributed by atoms with Crippen LogP contribution in [-0.4, -0.2) is 249 Å². The molecule has 682 valence electrons. The molecule has 5 rings (SSSR count). The molecule has 42 heteroatoms. The second-order valence-electron chi connectivity index (χ2n) is 31.3. The number of aromatic amines is 1. The number of likely N-dealkylation sites (tertiary alicyclic amines) is 1. The van der Waals surface area contributed by atoms with Crippen LogP contribution >= 0.6 is 25.3 Å². The summed E-state index contributed by atoms with van der Waals surface area (Å²) in [6.07, 6.45) is 0.623. The van der Waals surface area contributed by atoms with E-state index >= 15 is 4.79 Å². The number of carbonyl (C=O) groups excluding carboxylic acids is 14. The SMILES string of the molecule is CC(C)C[C@H](NC(=O)[C@H](Cc1c[nH]c2ccccc12)NC(=O)[C@H](CCC(N)=O)NC(=O)[C@H](CC(C)C)NC(=O)[C@@H]1CCCN1C(=O)CNC(=O)[C@H](CCCCN)NC(=O)[C@H](CCCNC(=N)N)NC(=O)[C@@H](N)CS)C(=O)N[C@@H](CS)C(=O)N[C@@H](CCC(=O)O)C(=O)N[C@@H](CCCCN)C(=O)N[C@@H](Cc1ccc(O)cc1)C(=O)N[C@@H](Cc1ccccc1)C(=O)O. The fourth-order valence-corrected chi connectivity index (χ4v) is 14.1. The standard InChI is InChI=1S/C82H123N21O19S2/c1-45(2)36-59(76(116)102-64(44-124)79(119)96-58(29-31-68(107)108)73(113)94-55(21-11-13-33-84)72(112)98-61(38-48-24-26-50(104)27-25-48)77(117)101-63(81(121)122)39-47-16-6-5-7-17-47)97-78(118)62(40-49-41-90-53-19-9-8-18-51(49)53)99-74(114)57(28-30-66(86)105)95-75(115)60(37-46(3)4)100-80(120)65-23-15-35-103(65)67(106)42-91-70(110)54(20-10-12-32-83)93-71(111)56(22-14-34-89-82(87)88)92-69(109)52(85)43-123/h5-9,16-19,24-27,41,45-46,52,54-65,90,104,123-124H,10-15,20-23,28-40,42-44,83-85H2,1-4H3,(H2,86,105)(H,91,110)(H,92,109)(H,93,111)(H,94,113)(H,95,115)(H,96,119)(H,97,118)(H,98,112)(H,99,114)(H,100,120)(H,101,117)(H,102,116)(H,107,108)(H,121,122)(H4,87,88,89)/t52-,54-,55-,56-,57-,58-,59-,60-,61-,62-,63-,64-,65-/m0/s1. The Balaban J connectivity index is 1.36. The van der Waals surface area contributed by atoms with Gasteiger partial charge in [-0.3, -0.25) is 77.3 Å². The Hall–Kier alpha value is -11.6. The third kappa shape index (κ3) is 35.7. The summed E-state index contributed by atoms with van der Waals surface area (Å²) in [5.74, 6) is -16.9. The monoisotopic (exact) mass is 1770 g/mol. The van der Waals surface area contributed by atoms with Gasteiger partial charge in [0.15, 0.2) is 5.96 Å². The fourth-order valence-electron chi connectivity index (χ4n) is 13.7. The molecule has 0 aliphatic carbocycles. The van der Waals surface area contributed by atoms with Crippen molar-refractivity contribution in [2.75, 3.05) is 44.2 Å². The second-order valence-corrected chi connectivity index (χ2v) is 32.0. The Morgan fingerprint density at radius 1 is 0.484 bits per heavy atom. The number of benzene rings is 3. The molecule has 2 heterocycles. The summed E-state index contributed by atoms with van der Waals surface area (Å²) in [5, 5.41) is 72.0. The van der Waals surface area contributed by atoms with Gasteiger partial charge < -0.3 is 123 Å². The number of carboxylic acid groups (broad SMARTS) is 2. The minimum atomic E-state index is -1.73. The Morgan fingerprint density at radius 2 is 0.919 bits per heavy atom. The molecule has 1 aromatic heterocycles. The molecular formula is C82H123N21O19S2. The predicted octanol–water partition coefficient (Wildman–Crippen LogP) is -2.64. The van der Waals surface area contributed by atoms with Crippen LogP contribution in [0.1, 0.15) is 147 Å². The van der Waals surface area contributed by atoms with E-state index in [2.05, 4.69) is 99.4 Å². The molecule has 1 saturated heterocycles. The molecule has 0 spiro atoms. The number of aromatic nitrogens is 1. The number of thiol groups is 2. The molecule has 0 radical (unpaired) electrons. The Labute approximate surface area is 730 Å². The van der Waals surface area contributed by atoms with Crippen molar-refractivity contribution in [2.24, 2.45) is 40.5 Å². The maximum atomic E-state index is 15.1. The summed E-state index contributed by atoms with van der Waals surface area (Å²) < 4.78 is 0. The van der Waals surface area contributed by atoms with Crippen molar-refractivity contribution in [1.82, 2.24) is 79.0 Å². The molecule has 0 bridgehead atoms. The molecule has 1 fully saturated rings. The van der Waals surface area contributed by atoms with Gasteiger partial charge in [0.2, 0.25) is 82.7 Å². The van der Waals surface area contributed by atoms with E-state index in [1.165, 1.54) is 29.2 Å². The number of aromatic hydroxyl groups is 1. The maximum Gasteiger partial charge on any atom is 0.326 e. The third-order valence-corrected chi connectivity index (χ3v) is 21.1. The van der Waals surface area contributed by atoms with Gasteiger partial charge in [0.1, 0.15) is 78.3 Å². The third-order valence-electron chi connectivity index (χ3n) is 20.3. The number of guanidine groups is 1. The average Bonchev–Trinajstić information content (AvgIpc) is 1.65. The van der Waals surface area contributed by atoms with Gasteiger partial charge in [0.05, 0.1) is 12.6 Å². The minimum Gasteiger partial charge on any atom is -0.508 e. The van der Waals surface area contributed by atoms with Crippen molar-refractivity contribution in [3.63, 3.8) is 0 Å². The molecule has 14 amide bonds. The fraction of sp³-hybridized carbons (Fsp3) is 0.549. The van der Waals surface area contributed by atoms with Gasteiger partial charge in [-0.1, -0.05) is 88.4 Å². The molecule has 13 atom stereocenters. The van der Waals surface area contributed by atoms with E-state index in [1.54, 1.807) is 88.5 Å². The molecule has 4 aromatic rings. The lowest BCUT2D eigenvalue weighted by atomic mass is 9.99. The Kier molecular flexibility index (Phi) is 44.3. The van der Waals surface area contributed by atoms with E-state index in [4.69, 9.17) is 34.1 Å². The van der Waals surface area contributed by atoms with Gasteiger partial charge in [-0.2, -0.15) is 25.3 Å². The average molecular weight is 1770 g/mol. The van der Waals surface area contributed by atoms with Crippen molar-refractivity contribution < 1.29 is 92.0 Å². The largest absolute Gasteiger partial charge is 0.508 e. The van der Waals surface area contributed by atoms with Gasteiger partial charge in [-0.05, 0) is 150 Å². The van der Waals surface area contributed by atoms with Crippen molar-refractivity contribution in [1.29, 1.82) is 5.41 Å². The molecule has 124 heavy (non-hydrogen) atoms. The first-order chi connectivity index (χ1) is 58.9. The molecule has 40 nitrogen and oxygen atoms in total. The van der Waals surface area contributed by atoms with Crippen LogP contribution in [0.3, 0.4) is 0 Å². The van der Waals surface area contributed by atoms with E-state index in [9.17, 15) is 87.2 Å². The van der Waals surface area contributed by atoms with Crippen molar-refractivity contribution in [2.45, 2.75) is 228 Å². The number of phenolic OH excluding ortho intramolecular Hbond substituents is 1. The lowest BCUT2D eigenvalue weighted by molar-refractivity contribution is -0.142. The van der Waals surface area contributed by atoms with Crippen molar-refractivity contribution >= 4 is 137 Å². The van der Waals surface area contributed by atoms with E-state index in [-0.39, 0.29) is 126 Å². The Morgan fingerprint density at radius 3 is 1.44 bits per heavy atom. The molecule has 28 N–H and O–H groups in total. The zero-order chi connectivity index (χ0) is 91.7. The number of carboxylic acids is 2. The summed E-state index contributed by atoms with van der Waals surface area (Å²) in [5.41, 5.74) is 30.6. The highest BCUT2D eigenvalue weighted by Gasteiger charge is 2.40. The number of amides is 14. The maximum absolute atomic E-state index is 15.1. The van der Waals surface area contributed by atoms with Crippen molar-refractivity contribution in [3.8, 4) is 5.75 Å². The van der Waals surface area contributed by atoms with Gasteiger partial charge in [-0.25, -0.2) is 4.79 Å². The van der Waals surface area contributed by atoms with Crippen LogP contribution in [0.15, 0.2) is 85.1 Å². The summed E-state index contributed by atoms with van der Waals surface area (Å²) in [6, 6.07) is 2.37. The summed E-state index contributed by atoms with van der Waals surface area (Å²) in [4.78, 5) is 228. The van der Waals surface area contributed by atoms with Gasteiger partial charge in [0.25, 0.3) is 0 Å². The van der Waals surface area contributed by atoms with E-state index in [1.807, 2.05) is 0 Å². The molecule has 1 aliphatic rings. The number of carbonyl (C=O) groups is 16. The number of hydrogen-bond acceptors (Lipinski definition) is 23. The number of phenols is 1. The molecule has 0 unspecified atom stereocenters. The van der Waals surface area contributed by atoms with E-state index in [0.717, 1.165) is 0 Å². The first kappa shape index (κ1) is 103. The summed E-state index contributed by atoms with van der Waals surface area (Å²) in [6.45, 7) is 6.94. The van der Waals surface area contributed by atoms with E-state index < -0.39 is 211 Å². The van der Waals surface area contributed by atoms with Crippen LogP contribution in [-0.2, 0) is 96.0 Å². The van der Waals surface area contributed by atoms with Crippen LogP contribution in [0.2, 0.25) is 0 Å². The molecule has 3 aromatic carbocycles. The van der Waals surface area contributed by atoms with Crippen LogP contribution in [0, 0.1) is 17.2 Å². The lowest BCUT2D eigenvalue weighted by Crippen LogP contribution is -2.61. The quantitative estimate of drug-likeness (QED) is 0.00930. The summed E-state index contributed by atoms with van der Waals surface area (Å²) >= 11 is 8.42. The van der Waals surface area contributed by atoms with Gasteiger partial charge in [0, 0.05) is 73.8 Å². The number of fused-ring (bicyclic) bond motifs is 1. The molecule has 0 saturated carbocycles. The topological polar surface area (TPSA) is 663 Å². The second kappa shape index (κ2) is 53.4. The van der Waals surface area contributed by atoms with Gasteiger partial charge in [-0.15, -0.1) is 0 Å². The predicted molar refractivity (Wildman–Crippen MR) is 465 cm³/mol. The first-order valence-corrected chi connectivity index (χ1v) is 42.7. The number of para-hydroxylation sites is 1. The number of rotatable bonds is 56. The Bertz CT molecular complexity index is 4280. The van der Waals surface area contributed by atoms with Gasteiger partial charge >= 0.3 is 11.9 Å². The lowest BCUT2D eigenvalue weighted by Gasteiger charge is -2.29. The van der Waals surface area contributed by atoms with E-state index in [0.29, 0.717) is 53.3 Å². The number of hydrogen-bond donors (Lipinski definition) is 25. The number of primary amides is 1. The highest BCUT2D eigenvalue weighted by atomic mass is 32.1. The van der Waals surface area contributed by atoms with Crippen LogP contribution in [0.5, 0.6) is 5.75 Å². The number of nitrogens with two attached hydrogens (primary N) is 5. The zero-order valence-electron chi connectivity index (χ0n) is 70.2. The van der Waals surface area contributed by atoms with Crippen LogP contribution in [0.4, 0.5) is 0 Å². The minimum absolute atomic E-state index is 0.0385. The number of nitrogens with one attached hydrogen (secondary N) is 15. The molecule has 1 aliphatic heterocycles. The first-order valence-electron chi connectivity index (χ1n) is 41.4. The normalized spacial score (nSPS) is 15.3.